The van der Waals surface area contributed by atoms with Gasteiger partial charge in [0.2, 0.25) is 0 Å². The van der Waals surface area contributed by atoms with Gasteiger partial charge in [-0.3, -0.25) is 0 Å². The molecule has 1 radical (unpaired) electrons. The van der Waals surface area contributed by atoms with Crippen molar-refractivity contribution in [2.45, 2.75) is 12.2 Å². The van der Waals surface area contributed by atoms with E-state index in [0.717, 1.165) is 0 Å². The van der Waals surface area contributed by atoms with Gasteiger partial charge in [0, 0.05) is 0 Å². The lowest BCUT2D eigenvalue weighted by atomic mass is 10.1. The highest BCUT2D eigenvalue weighted by Crippen LogP contribution is 2.31. The maximum Gasteiger partial charge on any atom is 0.409 e. The number of benzene rings is 1. The summed E-state index contributed by atoms with van der Waals surface area (Å²) in [5.41, 5.74) is 6.82. The molecule has 0 fully saturated rings. The molecule has 12 heavy (non-hydrogen) atoms. The number of hydrogen-bond acceptors (Lipinski definition) is 0. The van der Waals surface area contributed by atoms with E-state index < -0.39 is 12.2 Å². The van der Waals surface area contributed by atoms with Crippen LogP contribution in [0.1, 0.15) is 11.6 Å². The molecule has 0 heterocycles. The summed E-state index contributed by atoms with van der Waals surface area (Å²) < 4.78 is 35.8. The molecule has 0 aromatic heterocycles. The van der Waals surface area contributed by atoms with E-state index >= 15 is 0 Å². The van der Waals surface area contributed by atoms with E-state index in [1.54, 1.807) is 6.07 Å². The fourth-order valence-corrected chi connectivity index (χ4v) is 0.834. The number of hydrogen-bond donors (Lipinski definition) is 0. The van der Waals surface area contributed by atoms with Crippen LogP contribution in [-0.4, -0.2) is 6.18 Å². The minimum Gasteiger partial charge on any atom is -0.241 e. The summed E-state index contributed by atoms with van der Waals surface area (Å²) in [6.45, 7) is 0. The molecule has 0 spiro atoms. The van der Waals surface area contributed by atoms with Crippen molar-refractivity contribution >= 4 is 0 Å². The van der Waals surface area contributed by atoms with Gasteiger partial charge in [0.05, 0.1) is 0 Å². The number of alkyl halides is 3. The highest BCUT2D eigenvalue weighted by molar-refractivity contribution is 5.19. The van der Waals surface area contributed by atoms with Crippen molar-refractivity contribution < 1.29 is 13.2 Å². The number of nitrogens with one attached hydrogen (secondary N) is 1. The van der Waals surface area contributed by atoms with Crippen molar-refractivity contribution in [3.8, 4) is 0 Å². The molecule has 0 aliphatic carbocycles. The van der Waals surface area contributed by atoms with Crippen molar-refractivity contribution in [2.75, 3.05) is 0 Å². The van der Waals surface area contributed by atoms with Crippen molar-refractivity contribution in [3.05, 3.63) is 35.9 Å². The maximum absolute atomic E-state index is 11.9. The smallest absolute Gasteiger partial charge is 0.241 e. The molecule has 1 unspecified atom stereocenters. The molecule has 1 nitrogen and oxygen atoms in total. The van der Waals surface area contributed by atoms with E-state index in [-0.39, 0.29) is 5.56 Å². The fourth-order valence-electron chi connectivity index (χ4n) is 0.834. The molecular weight excluding hydrogens is 167 g/mol. The molecule has 0 aliphatic rings. The van der Waals surface area contributed by atoms with Crippen LogP contribution in [0.4, 0.5) is 13.2 Å². The van der Waals surface area contributed by atoms with Crippen LogP contribution in [0.15, 0.2) is 30.3 Å². The Labute approximate surface area is 68.0 Å². The van der Waals surface area contributed by atoms with Gasteiger partial charge in [-0.2, -0.15) is 13.2 Å². The summed E-state index contributed by atoms with van der Waals surface area (Å²) in [4.78, 5) is 0. The summed E-state index contributed by atoms with van der Waals surface area (Å²) in [6, 6.07) is 5.06. The molecule has 0 amide bonds. The van der Waals surface area contributed by atoms with Gasteiger partial charge in [0.15, 0.2) is 0 Å². The minimum atomic E-state index is -4.47. The Bertz CT molecular complexity index is 242. The quantitative estimate of drug-likeness (QED) is 0.624. The van der Waals surface area contributed by atoms with Crippen molar-refractivity contribution in [3.63, 3.8) is 0 Å². The molecule has 1 N–H and O–H groups in total. The van der Waals surface area contributed by atoms with Crippen LogP contribution in [-0.2, 0) is 0 Å². The fraction of sp³-hybridized carbons (Fsp3) is 0.250. The Hall–Kier alpha value is -1.03. The van der Waals surface area contributed by atoms with Gasteiger partial charge in [-0.05, 0) is 5.56 Å². The summed E-state index contributed by atoms with van der Waals surface area (Å²) in [5.74, 6) is 0. The molecule has 0 bridgehead atoms. The van der Waals surface area contributed by atoms with Crippen molar-refractivity contribution in [1.82, 2.24) is 5.73 Å². The largest absolute Gasteiger partial charge is 0.409 e. The lowest BCUT2D eigenvalue weighted by molar-refractivity contribution is -0.151. The summed E-state index contributed by atoms with van der Waals surface area (Å²) in [6.07, 6.45) is -4.47. The zero-order chi connectivity index (χ0) is 9.19. The monoisotopic (exact) mass is 174 g/mol. The van der Waals surface area contributed by atoms with E-state index in [2.05, 4.69) is 0 Å². The number of halogens is 3. The van der Waals surface area contributed by atoms with E-state index in [9.17, 15) is 13.2 Å². The molecule has 0 saturated carbocycles. The first-order valence-corrected chi connectivity index (χ1v) is 3.34. The van der Waals surface area contributed by atoms with Crippen molar-refractivity contribution in [2.24, 2.45) is 0 Å². The average Bonchev–Trinajstić information content (AvgIpc) is 2.03. The Morgan fingerprint density at radius 2 is 1.58 bits per heavy atom. The SMILES string of the molecule is [NH]C(c1ccccc1)C(F)(F)F. The lowest BCUT2D eigenvalue weighted by Gasteiger charge is -2.14. The number of rotatable bonds is 1. The molecule has 1 aromatic rings. The average molecular weight is 174 g/mol. The van der Waals surface area contributed by atoms with Gasteiger partial charge in [-0.1, -0.05) is 30.3 Å². The molecule has 0 aliphatic heterocycles. The van der Waals surface area contributed by atoms with Gasteiger partial charge in [-0.15, -0.1) is 0 Å². The predicted molar refractivity (Wildman–Crippen MR) is 38.3 cm³/mol. The van der Waals surface area contributed by atoms with E-state index in [1.807, 2.05) is 0 Å². The van der Waals surface area contributed by atoms with Crippen LogP contribution in [0.5, 0.6) is 0 Å². The molecule has 4 heteroatoms. The van der Waals surface area contributed by atoms with Gasteiger partial charge in [0.25, 0.3) is 0 Å². The van der Waals surface area contributed by atoms with Crippen LogP contribution < -0.4 is 5.73 Å². The predicted octanol–water partition coefficient (Wildman–Crippen LogP) is 2.57. The first-order valence-electron chi connectivity index (χ1n) is 3.34. The Morgan fingerprint density at radius 1 is 1.08 bits per heavy atom. The van der Waals surface area contributed by atoms with E-state index in [4.69, 9.17) is 5.73 Å². The topological polar surface area (TPSA) is 23.8 Å². The van der Waals surface area contributed by atoms with Crippen LogP contribution >= 0.6 is 0 Å². The van der Waals surface area contributed by atoms with Gasteiger partial charge in [-0.25, -0.2) is 5.73 Å². The molecule has 1 atom stereocenters. The third-order valence-electron chi connectivity index (χ3n) is 1.46. The lowest BCUT2D eigenvalue weighted by Crippen LogP contribution is -2.21. The minimum absolute atomic E-state index is 0.0231. The second kappa shape index (κ2) is 3.15. The second-order valence-electron chi connectivity index (χ2n) is 2.39. The third-order valence-corrected chi connectivity index (χ3v) is 1.46. The summed E-state index contributed by atoms with van der Waals surface area (Å²) in [7, 11) is 0. The van der Waals surface area contributed by atoms with Crippen molar-refractivity contribution in [1.29, 1.82) is 0 Å². The Kier molecular flexibility index (Phi) is 2.38. The molecule has 65 valence electrons. The van der Waals surface area contributed by atoms with Gasteiger partial charge >= 0.3 is 6.18 Å². The molecule has 0 saturated heterocycles. The summed E-state index contributed by atoms with van der Waals surface area (Å²) >= 11 is 0. The first-order chi connectivity index (χ1) is 5.52. The molecular formula is C8H7F3N. The zero-order valence-corrected chi connectivity index (χ0v) is 6.10. The highest BCUT2D eigenvalue weighted by atomic mass is 19.4. The maximum atomic E-state index is 11.9. The third kappa shape index (κ3) is 1.98. The van der Waals surface area contributed by atoms with E-state index in [1.165, 1.54) is 24.3 Å². The Morgan fingerprint density at radius 3 is 2.00 bits per heavy atom. The first kappa shape index (κ1) is 9.06. The van der Waals surface area contributed by atoms with E-state index in [0.29, 0.717) is 0 Å². The van der Waals surface area contributed by atoms with Gasteiger partial charge in [0.1, 0.15) is 6.04 Å². The summed E-state index contributed by atoms with van der Waals surface area (Å²) in [5, 5.41) is 0. The normalized spacial score (nSPS) is 14.3. The van der Waals surface area contributed by atoms with Crippen LogP contribution in [0.25, 0.3) is 0 Å². The van der Waals surface area contributed by atoms with Gasteiger partial charge < -0.3 is 0 Å². The zero-order valence-electron chi connectivity index (χ0n) is 6.10. The van der Waals surface area contributed by atoms with Crippen LogP contribution in [0.3, 0.4) is 0 Å². The standard InChI is InChI=1S/C8H7F3N/c9-8(10,11)7(12)6-4-2-1-3-5-6/h1-5,7,12H. The Balaban J connectivity index is 2.86. The molecule has 1 rings (SSSR count). The second-order valence-corrected chi connectivity index (χ2v) is 2.39. The highest BCUT2D eigenvalue weighted by Gasteiger charge is 2.38. The van der Waals surface area contributed by atoms with Crippen LogP contribution in [0, 0.1) is 0 Å². The van der Waals surface area contributed by atoms with Crippen LogP contribution in [0.2, 0.25) is 0 Å². The molecule has 1 aromatic carbocycles.